The standard InChI is InChI=1S/C22H26N4O.ClH/c1-15-16(2)25-26(17(15)3)13-12-24-22(27)20-7-5-6-19(14-20)18-8-10-21(23-4)11-9-18;/h5-11,14,23H,12-13H2,1-4H3,(H,24,27);1H. The molecule has 3 rings (SSSR count). The topological polar surface area (TPSA) is 59.0 Å². The van der Waals surface area contributed by atoms with Crippen LogP contribution in [-0.2, 0) is 6.54 Å². The lowest BCUT2D eigenvalue weighted by molar-refractivity contribution is 0.0952. The van der Waals surface area contributed by atoms with Gasteiger partial charge in [-0.2, -0.15) is 5.10 Å². The molecule has 0 radical (unpaired) electrons. The lowest BCUT2D eigenvalue weighted by atomic mass is 10.0. The van der Waals surface area contributed by atoms with Crippen LogP contribution >= 0.6 is 12.4 Å². The molecule has 2 N–H and O–H groups in total. The van der Waals surface area contributed by atoms with Gasteiger partial charge in [0.25, 0.3) is 5.91 Å². The summed E-state index contributed by atoms with van der Waals surface area (Å²) in [5.41, 5.74) is 7.23. The van der Waals surface area contributed by atoms with E-state index in [4.69, 9.17) is 0 Å². The van der Waals surface area contributed by atoms with Crippen LogP contribution < -0.4 is 10.6 Å². The molecule has 1 amide bonds. The van der Waals surface area contributed by atoms with Gasteiger partial charge in [0.2, 0.25) is 0 Å². The molecule has 0 spiro atoms. The number of nitrogens with one attached hydrogen (secondary N) is 2. The number of anilines is 1. The molecule has 5 nitrogen and oxygen atoms in total. The molecule has 1 heterocycles. The van der Waals surface area contributed by atoms with Gasteiger partial charge in [-0.25, -0.2) is 0 Å². The van der Waals surface area contributed by atoms with Crippen LogP contribution in [0, 0.1) is 20.8 Å². The van der Waals surface area contributed by atoms with Crippen LogP contribution in [0.3, 0.4) is 0 Å². The Labute approximate surface area is 172 Å². The third-order valence-corrected chi connectivity index (χ3v) is 4.98. The highest BCUT2D eigenvalue weighted by molar-refractivity contribution is 5.95. The van der Waals surface area contributed by atoms with Crippen molar-refractivity contribution in [2.45, 2.75) is 27.3 Å². The van der Waals surface area contributed by atoms with Crippen LogP contribution in [0.4, 0.5) is 5.69 Å². The maximum Gasteiger partial charge on any atom is 0.251 e. The molecule has 0 atom stereocenters. The SMILES string of the molecule is CNc1ccc(-c2cccc(C(=O)NCCn3nc(C)c(C)c3C)c2)cc1.Cl. The molecule has 3 aromatic rings. The van der Waals surface area contributed by atoms with Crippen molar-refractivity contribution in [2.75, 3.05) is 18.9 Å². The number of aromatic nitrogens is 2. The first-order valence-corrected chi connectivity index (χ1v) is 9.16. The summed E-state index contributed by atoms with van der Waals surface area (Å²) < 4.78 is 1.95. The Balaban J connectivity index is 0.00000280. The summed E-state index contributed by atoms with van der Waals surface area (Å²) in [6.07, 6.45) is 0. The Morgan fingerprint density at radius 3 is 2.36 bits per heavy atom. The van der Waals surface area contributed by atoms with Crippen LogP contribution in [0.25, 0.3) is 11.1 Å². The lowest BCUT2D eigenvalue weighted by Crippen LogP contribution is -2.27. The highest BCUT2D eigenvalue weighted by Crippen LogP contribution is 2.22. The Kier molecular flexibility index (Phi) is 7.24. The number of nitrogens with zero attached hydrogens (tertiary/aromatic N) is 2. The smallest absolute Gasteiger partial charge is 0.251 e. The molecule has 2 aromatic carbocycles. The molecule has 6 heteroatoms. The molecule has 0 aliphatic rings. The van der Waals surface area contributed by atoms with Gasteiger partial charge in [0, 0.05) is 30.5 Å². The van der Waals surface area contributed by atoms with E-state index in [1.165, 1.54) is 5.56 Å². The fourth-order valence-electron chi connectivity index (χ4n) is 3.05. The number of carbonyl (C=O) groups excluding carboxylic acids is 1. The van der Waals surface area contributed by atoms with Gasteiger partial charge in [0.05, 0.1) is 12.2 Å². The average Bonchev–Trinajstić information content (AvgIpc) is 2.95. The summed E-state index contributed by atoms with van der Waals surface area (Å²) in [6, 6.07) is 15.9. The molecule has 0 fully saturated rings. The predicted octanol–water partition coefficient (Wildman–Crippen LogP) is 4.37. The Morgan fingerprint density at radius 2 is 1.75 bits per heavy atom. The van der Waals surface area contributed by atoms with E-state index in [-0.39, 0.29) is 18.3 Å². The fourth-order valence-corrected chi connectivity index (χ4v) is 3.05. The van der Waals surface area contributed by atoms with Gasteiger partial charge in [-0.15, -0.1) is 12.4 Å². The van der Waals surface area contributed by atoms with Crippen molar-refractivity contribution < 1.29 is 4.79 Å². The minimum absolute atomic E-state index is 0. The zero-order chi connectivity index (χ0) is 19.4. The lowest BCUT2D eigenvalue weighted by Gasteiger charge is -2.09. The summed E-state index contributed by atoms with van der Waals surface area (Å²) in [5, 5.41) is 10.6. The van der Waals surface area contributed by atoms with Crippen molar-refractivity contribution in [3.8, 4) is 11.1 Å². The molecule has 0 saturated carbocycles. The molecule has 148 valence electrons. The third kappa shape index (κ3) is 4.73. The molecule has 0 aliphatic heterocycles. The molecule has 0 bridgehead atoms. The van der Waals surface area contributed by atoms with Crippen LogP contribution in [0.1, 0.15) is 27.3 Å². The van der Waals surface area contributed by atoms with Crippen molar-refractivity contribution in [1.29, 1.82) is 0 Å². The van der Waals surface area contributed by atoms with Crippen molar-refractivity contribution in [2.24, 2.45) is 0 Å². The molecular weight excluding hydrogens is 372 g/mol. The molecular formula is C22H27ClN4O. The Hall–Kier alpha value is -2.79. The minimum atomic E-state index is -0.0676. The maximum absolute atomic E-state index is 12.5. The zero-order valence-corrected chi connectivity index (χ0v) is 17.6. The second kappa shape index (κ2) is 9.42. The normalized spacial score (nSPS) is 10.3. The van der Waals surface area contributed by atoms with E-state index in [0.717, 1.165) is 28.2 Å². The first-order chi connectivity index (χ1) is 13.0. The van der Waals surface area contributed by atoms with Crippen molar-refractivity contribution in [1.82, 2.24) is 15.1 Å². The van der Waals surface area contributed by atoms with Gasteiger partial charge >= 0.3 is 0 Å². The fraction of sp³-hybridized carbons (Fsp3) is 0.273. The van der Waals surface area contributed by atoms with E-state index in [2.05, 4.69) is 29.6 Å². The number of aryl methyl sites for hydroxylation is 1. The quantitative estimate of drug-likeness (QED) is 0.648. The summed E-state index contributed by atoms with van der Waals surface area (Å²) >= 11 is 0. The first-order valence-electron chi connectivity index (χ1n) is 9.16. The highest BCUT2D eigenvalue weighted by Gasteiger charge is 2.09. The van der Waals surface area contributed by atoms with Crippen LogP contribution in [-0.4, -0.2) is 29.3 Å². The van der Waals surface area contributed by atoms with E-state index in [1.54, 1.807) is 0 Å². The van der Waals surface area contributed by atoms with Crippen LogP contribution in [0.5, 0.6) is 0 Å². The third-order valence-electron chi connectivity index (χ3n) is 4.98. The number of halogens is 1. The molecule has 28 heavy (non-hydrogen) atoms. The number of amides is 1. The summed E-state index contributed by atoms with van der Waals surface area (Å²) in [5.74, 6) is -0.0676. The minimum Gasteiger partial charge on any atom is -0.388 e. The number of carbonyl (C=O) groups is 1. The van der Waals surface area contributed by atoms with Gasteiger partial charge < -0.3 is 10.6 Å². The summed E-state index contributed by atoms with van der Waals surface area (Å²) in [7, 11) is 1.90. The van der Waals surface area contributed by atoms with Crippen molar-refractivity contribution in [3.05, 3.63) is 71.0 Å². The molecule has 1 aromatic heterocycles. The van der Waals surface area contributed by atoms with E-state index < -0.39 is 0 Å². The Bertz CT molecular complexity index is 948. The summed E-state index contributed by atoms with van der Waals surface area (Å²) in [4.78, 5) is 12.5. The van der Waals surface area contributed by atoms with Gasteiger partial charge in [-0.1, -0.05) is 24.3 Å². The predicted molar refractivity (Wildman–Crippen MR) is 117 cm³/mol. The number of benzene rings is 2. The number of hydrogen-bond acceptors (Lipinski definition) is 3. The second-order valence-corrected chi connectivity index (χ2v) is 6.68. The highest BCUT2D eigenvalue weighted by atomic mass is 35.5. The van der Waals surface area contributed by atoms with Gasteiger partial charge in [-0.3, -0.25) is 9.48 Å². The monoisotopic (exact) mass is 398 g/mol. The van der Waals surface area contributed by atoms with E-state index in [9.17, 15) is 4.79 Å². The largest absolute Gasteiger partial charge is 0.388 e. The van der Waals surface area contributed by atoms with Crippen LogP contribution in [0.15, 0.2) is 48.5 Å². The van der Waals surface area contributed by atoms with Crippen LogP contribution in [0.2, 0.25) is 0 Å². The Morgan fingerprint density at radius 1 is 1.04 bits per heavy atom. The average molecular weight is 399 g/mol. The molecule has 0 unspecified atom stereocenters. The first kappa shape index (κ1) is 21.5. The van der Waals surface area contributed by atoms with Gasteiger partial charge in [0.1, 0.15) is 0 Å². The van der Waals surface area contributed by atoms with E-state index in [0.29, 0.717) is 18.7 Å². The number of hydrogen-bond donors (Lipinski definition) is 2. The van der Waals surface area contributed by atoms with Crippen molar-refractivity contribution in [3.63, 3.8) is 0 Å². The summed E-state index contributed by atoms with van der Waals surface area (Å²) in [6.45, 7) is 7.34. The van der Waals surface area contributed by atoms with E-state index >= 15 is 0 Å². The van der Waals surface area contributed by atoms with Crippen molar-refractivity contribution >= 4 is 24.0 Å². The second-order valence-electron chi connectivity index (χ2n) is 6.68. The molecule has 0 saturated heterocycles. The zero-order valence-electron chi connectivity index (χ0n) is 16.7. The van der Waals surface area contributed by atoms with Gasteiger partial charge in [-0.05, 0) is 61.7 Å². The maximum atomic E-state index is 12.5. The van der Waals surface area contributed by atoms with E-state index in [1.807, 2.05) is 67.2 Å². The van der Waals surface area contributed by atoms with Gasteiger partial charge in [0.15, 0.2) is 0 Å². The molecule has 0 aliphatic carbocycles. The number of rotatable bonds is 6.